The molecule has 0 saturated carbocycles. The molecule has 146 valence electrons. The molecule has 0 bridgehead atoms. The van der Waals surface area contributed by atoms with Crippen LogP contribution in [0.25, 0.3) is 0 Å². The molecule has 0 unspecified atom stereocenters. The Balaban J connectivity index is 0.000000298. The first-order chi connectivity index (χ1) is 12.2. The second-order valence-electron chi connectivity index (χ2n) is 6.18. The average molecular weight is 377 g/mol. The van der Waals surface area contributed by atoms with Crippen molar-refractivity contribution in [2.24, 2.45) is 13.0 Å². The van der Waals surface area contributed by atoms with Gasteiger partial charge in [0.05, 0.1) is 32.1 Å². The first kappa shape index (κ1) is 20.4. The Morgan fingerprint density at radius 2 is 2.23 bits per heavy atom. The van der Waals surface area contributed by atoms with Crippen molar-refractivity contribution in [2.45, 2.75) is 24.9 Å². The van der Waals surface area contributed by atoms with E-state index in [0.29, 0.717) is 18.6 Å². The van der Waals surface area contributed by atoms with Crippen molar-refractivity contribution in [1.29, 1.82) is 0 Å². The van der Waals surface area contributed by atoms with Crippen molar-refractivity contribution in [1.82, 2.24) is 14.7 Å². The van der Waals surface area contributed by atoms with Crippen LogP contribution in [-0.2, 0) is 27.9 Å². The largest absolute Gasteiger partial charge is 0.490 e. The minimum atomic E-state index is -5.08. The van der Waals surface area contributed by atoms with E-state index in [1.54, 1.807) is 0 Å². The molecule has 1 aromatic heterocycles. The van der Waals surface area contributed by atoms with E-state index in [1.165, 1.54) is 5.56 Å². The van der Waals surface area contributed by atoms with Gasteiger partial charge in [0.25, 0.3) is 0 Å². The van der Waals surface area contributed by atoms with Crippen LogP contribution in [0.3, 0.4) is 0 Å². The first-order valence-electron chi connectivity index (χ1n) is 8.04. The van der Waals surface area contributed by atoms with E-state index < -0.39 is 12.1 Å². The zero-order valence-corrected chi connectivity index (χ0v) is 14.4. The summed E-state index contributed by atoms with van der Waals surface area (Å²) in [6.07, 6.45) is 1.00. The van der Waals surface area contributed by atoms with Gasteiger partial charge in [-0.1, -0.05) is 6.08 Å². The summed E-state index contributed by atoms with van der Waals surface area (Å²) >= 11 is 0. The lowest BCUT2D eigenvalue weighted by molar-refractivity contribution is -0.192. The monoisotopic (exact) mass is 377 g/mol. The second-order valence-corrected chi connectivity index (χ2v) is 6.18. The van der Waals surface area contributed by atoms with Crippen LogP contribution in [0, 0.1) is 5.92 Å². The number of ether oxygens (including phenoxy) is 2. The number of alkyl halides is 3. The maximum Gasteiger partial charge on any atom is 0.490 e. The number of hydrogen-bond donors (Lipinski definition) is 1. The van der Waals surface area contributed by atoms with Gasteiger partial charge in [-0.3, -0.25) is 9.58 Å². The van der Waals surface area contributed by atoms with Gasteiger partial charge in [0.1, 0.15) is 0 Å². The summed E-state index contributed by atoms with van der Waals surface area (Å²) in [4.78, 5) is 11.4. The van der Waals surface area contributed by atoms with E-state index in [2.05, 4.69) is 22.8 Å². The summed E-state index contributed by atoms with van der Waals surface area (Å²) in [5.41, 5.74) is 1.25. The Hall–Kier alpha value is -1.91. The van der Waals surface area contributed by atoms with Crippen LogP contribution in [0.4, 0.5) is 13.2 Å². The molecule has 26 heavy (non-hydrogen) atoms. The number of aryl methyl sites for hydroxylation is 1. The normalized spacial score (nSPS) is 25.5. The van der Waals surface area contributed by atoms with Crippen molar-refractivity contribution in [2.75, 3.05) is 26.4 Å². The number of aromatic nitrogens is 2. The van der Waals surface area contributed by atoms with Crippen molar-refractivity contribution in [3.63, 3.8) is 0 Å². The number of fused-ring (bicyclic) bond motifs is 1. The van der Waals surface area contributed by atoms with Gasteiger partial charge in [0.15, 0.2) is 0 Å². The third kappa shape index (κ3) is 5.29. The fraction of sp³-hybridized carbons (Fsp3) is 0.625. The summed E-state index contributed by atoms with van der Waals surface area (Å²) in [5.74, 6) is -2.26. The van der Waals surface area contributed by atoms with Gasteiger partial charge in [-0.2, -0.15) is 18.3 Å². The molecule has 1 aromatic rings. The molecule has 3 rings (SSSR count). The van der Waals surface area contributed by atoms with E-state index in [9.17, 15) is 13.2 Å². The lowest BCUT2D eigenvalue weighted by Crippen LogP contribution is -2.32. The summed E-state index contributed by atoms with van der Waals surface area (Å²) in [7, 11) is 1.95. The highest BCUT2D eigenvalue weighted by Crippen LogP contribution is 2.33. The molecule has 0 radical (unpaired) electrons. The topological polar surface area (TPSA) is 76.8 Å². The lowest BCUT2D eigenvalue weighted by atomic mass is 10.0. The third-order valence-corrected chi connectivity index (χ3v) is 4.27. The molecular formula is C16H22F3N3O4. The van der Waals surface area contributed by atoms with Crippen LogP contribution in [-0.4, -0.2) is 70.4 Å². The maximum atomic E-state index is 10.6. The van der Waals surface area contributed by atoms with Gasteiger partial charge in [0.2, 0.25) is 0 Å². The van der Waals surface area contributed by atoms with E-state index >= 15 is 0 Å². The minimum absolute atomic E-state index is 0.266. The van der Waals surface area contributed by atoms with Crippen LogP contribution in [0.5, 0.6) is 0 Å². The summed E-state index contributed by atoms with van der Waals surface area (Å²) in [5, 5.41) is 11.4. The molecule has 0 aromatic carbocycles. The number of aliphatic carboxylic acids is 1. The molecule has 3 heterocycles. The van der Waals surface area contributed by atoms with Crippen molar-refractivity contribution in [3.05, 3.63) is 30.6 Å². The Morgan fingerprint density at radius 1 is 1.54 bits per heavy atom. The Labute approximate surface area is 149 Å². The average Bonchev–Trinajstić information content (AvgIpc) is 3.24. The van der Waals surface area contributed by atoms with Crippen LogP contribution >= 0.6 is 0 Å². The maximum absolute atomic E-state index is 10.6. The first-order valence-corrected chi connectivity index (χ1v) is 8.04. The highest BCUT2D eigenvalue weighted by Gasteiger charge is 2.45. The third-order valence-electron chi connectivity index (χ3n) is 4.27. The molecule has 2 saturated heterocycles. The van der Waals surface area contributed by atoms with Crippen molar-refractivity contribution >= 4 is 5.97 Å². The number of rotatable bonds is 5. The minimum Gasteiger partial charge on any atom is -0.475 e. The van der Waals surface area contributed by atoms with Gasteiger partial charge in [-0.25, -0.2) is 4.79 Å². The van der Waals surface area contributed by atoms with Gasteiger partial charge in [0, 0.05) is 43.9 Å². The molecule has 0 spiro atoms. The van der Waals surface area contributed by atoms with Gasteiger partial charge in [-0.05, 0) is 0 Å². The fourth-order valence-electron chi connectivity index (χ4n) is 3.13. The molecule has 10 heteroatoms. The number of nitrogens with zero attached hydrogens (tertiary/aromatic N) is 3. The molecule has 1 N–H and O–H groups in total. The van der Waals surface area contributed by atoms with E-state index in [0.717, 1.165) is 26.3 Å². The number of likely N-dealkylation sites (tertiary alicyclic amines) is 1. The van der Waals surface area contributed by atoms with Crippen molar-refractivity contribution < 1.29 is 32.5 Å². The number of carboxylic acid groups (broad SMARTS) is 1. The summed E-state index contributed by atoms with van der Waals surface area (Å²) < 4.78 is 45.1. The highest BCUT2D eigenvalue weighted by atomic mass is 19.4. The number of carbonyl (C=O) groups is 1. The van der Waals surface area contributed by atoms with Crippen LogP contribution in [0.15, 0.2) is 25.0 Å². The molecule has 7 nitrogen and oxygen atoms in total. The van der Waals surface area contributed by atoms with E-state index in [4.69, 9.17) is 19.4 Å². The smallest absolute Gasteiger partial charge is 0.475 e. The number of carboxylic acids is 1. The molecule has 0 amide bonds. The van der Waals surface area contributed by atoms with Crippen LogP contribution < -0.4 is 0 Å². The Bertz CT molecular complexity index is 620. The molecular weight excluding hydrogens is 355 g/mol. The molecule has 2 aliphatic rings. The Kier molecular flexibility index (Phi) is 6.79. The zero-order chi connectivity index (χ0) is 19.3. The zero-order valence-electron chi connectivity index (χ0n) is 14.4. The predicted molar refractivity (Wildman–Crippen MR) is 85.3 cm³/mol. The molecule has 3 atom stereocenters. The predicted octanol–water partition coefficient (Wildman–Crippen LogP) is 1.46. The number of halogens is 3. The summed E-state index contributed by atoms with van der Waals surface area (Å²) in [6, 6.07) is 0.482. The Morgan fingerprint density at radius 3 is 2.77 bits per heavy atom. The second kappa shape index (κ2) is 8.65. The van der Waals surface area contributed by atoms with Crippen LogP contribution in [0.1, 0.15) is 5.56 Å². The van der Waals surface area contributed by atoms with E-state index in [-0.39, 0.29) is 6.10 Å². The van der Waals surface area contributed by atoms with Crippen molar-refractivity contribution in [3.8, 4) is 0 Å². The van der Waals surface area contributed by atoms with Gasteiger partial charge >= 0.3 is 12.1 Å². The van der Waals surface area contributed by atoms with Crippen LogP contribution in [0.2, 0.25) is 0 Å². The fourth-order valence-corrected chi connectivity index (χ4v) is 3.13. The standard InChI is InChI=1S/C14H21N3O2.C2HF3O2/c1-3-4-19-14-8-17(13-10-18-9-12(13)14)7-11-5-15-16(2)6-11;3-2(4,5)1(6)7/h3,5-6,12-14H,1,4,7-10H2,2H3;(H,6,7)/t12-,13+,14-;/m0./s1. The van der Waals surface area contributed by atoms with Gasteiger partial charge in [-0.15, -0.1) is 6.58 Å². The van der Waals surface area contributed by atoms with Gasteiger partial charge < -0.3 is 14.6 Å². The molecule has 2 aliphatic heterocycles. The SMILES string of the molecule is C=CCO[C@H]1CN(Cc2cnn(C)c2)[C@@H]2COC[C@H]12.O=C(O)C(F)(F)F. The van der Waals surface area contributed by atoms with E-state index in [1.807, 2.05) is 24.0 Å². The lowest BCUT2D eigenvalue weighted by Gasteiger charge is -2.21. The number of hydrogen-bond acceptors (Lipinski definition) is 5. The quantitative estimate of drug-likeness (QED) is 0.783. The summed E-state index contributed by atoms with van der Waals surface area (Å²) in [6.45, 7) is 7.87. The molecule has 2 fully saturated rings. The highest BCUT2D eigenvalue weighted by molar-refractivity contribution is 5.73. The molecule has 0 aliphatic carbocycles.